The molecule has 0 saturated carbocycles. The number of rotatable bonds is 2. The standard InChI is InChI=1S/C12H11NO/c1-3-9-10-6-4-5-7-11(10)14-12(9)8(2)13/h3-7H,1-2,13H2. The van der Waals surface area contributed by atoms with E-state index < -0.39 is 0 Å². The first kappa shape index (κ1) is 8.63. The molecule has 2 nitrogen and oxygen atoms in total. The summed E-state index contributed by atoms with van der Waals surface area (Å²) in [5.41, 5.74) is 7.76. The van der Waals surface area contributed by atoms with E-state index in [9.17, 15) is 0 Å². The van der Waals surface area contributed by atoms with Crippen molar-refractivity contribution in [1.29, 1.82) is 0 Å². The lowest BCUT2D eigenvalue weighted by Crippen LogP contribution is -1.93. The summed E-state index contributed by atoms with van der Waals surface area (Å²) in [5, 5.41) is 1.02. The molecule has 0 aliphatic rings. The van der Waals surface area contributed by atoms with Crippen LogP contribution in [0.4, 0.5) is 0 Å². The van der Waals surface area contributed by atoms with Gasteiger partial charge in [0, 0.05) is 10.9 Å². The van der Waals surface area contributed by atoms with Gasteiger partial charge in [-0.1, -0.05) is 37.4 Å². The van der Waals surface area contributed by atoms with E-state index in [-0.39, 0.29) is 0 Å². The van der Waals surface area contributed by atoms with Crippen LogP contribution in [0.1, 0.15) is 11.3 Å². The Morgan fingerprint density at radius 2 is 2.07 bits per heavy atom. The van der Waals surface area contributed by atoms with E-state index in [4.69, 9.17) is 10.2 Å². The molecule has 2 heteroatoms. The number of hydrogen-bond donors (Lipinski definition) is 1. The summed E-state index contributed by atoms with van der Waals surface area (Å²) >= 11 is 0. The van der Waals surface area contributed by atoms with Crippen LogP contribution < -0.4 is 5.73 Å². The van der Waals surface area contributed by atoms with Crippen LogP contribution in [0.25, 0.3) is 22.7 Å². The average Bonchev–Trinajstić information content (AvgIpc) is 2.56. The molecular formula is C12H11NO. The summed E-state index contributed by atoms with van der Waals surface area (Å²) < 4.78 is 5.56. The van der Waals surface area contributed by atoms with Crippen LogP contribution in [0.3, 0.4) is 0 Å². The Balaban J connectivity index is 2.85. The lowest BCUT2D eigenvalue weighted by atomic mass is 10.1. The molecule has 1 heterocycles. The number of furan rings is 1. The highest BCUT2D eigenvalue weighted by atomic mass is 16.3. The second-order valence-electron chi connectivity index (χ2n) is 3.07. The van der Waals surface area contributed by atoms with Crippen molar-refractivity contribution in [3.63, 3.8) is 0 Å². The van der Waals surface area contributed by atoms with Gasteiger partial charge in [-0.25, -0.2) is 0 Å². The zero-order valence-electron chi connectivity index (χ0n) is 7.79. The lowest BCUT2D eigenvalue weighted by molar-refractivity contribution is 0.598. The Morgan fingerprint density at radius 3 is 2.71 bits per heavy atom. The normalized spacial score (nSPS) is 10.3. The van der Waals surface area contributed by atoms with Crippen LogP contribution >= 0.6 is 0 Å². The summed E-state index contributed by atoms with van der Waals surface area (Å²) in [5.74, 6) is 0.612. The third-order valence-corrected chi connectivity index (χ3v) is 2.13. The predicted molar refractivity (Wildman–Crippen MR) is 59.5 cm³/mol. The summed E-state index contributed by atoms with van der Waals surface area (Å²) in [7, 11) is 0. The quantitative estimate of drug-likeness (QED) is 0.781. The Bertz CT molecular complexity index is 508. The van der Waals surface area contributed by atoms with Gasteiger partial charge in [0.05, 0.1) is 5.70 Å². The Labute approximate surface area is 82.3 Å². The highest BCUT2D eigenvalue weighted by Crippen LogP contribution is 2.28. The fourth-order valence-electron chi connectivity index (χ4n) is 1.51. The predicted octanol–water partition coefficient (Wildman–Crippen LogP) is 3.01. The van der Waals surface area contributed by atoms with Crippen LogP contribution in [0.15, 0.2) is 41.8 Å². The molecule has 0 unspecified atom stereocenters. The molecule has 0 amide bonds. The first-order valence-electron chi connectivity index (χ1n) is 4.32. The van der Waals surface area contributed by atoms with Crippen molar-refractivity contribution in [3.05, 3.63) is 48.7 Å². The largest absolute Gasteiger partial charge is 0.454 e. The van der Waals surface area contributed by atoms with Crippen LogP contribution in [0.5, 0.6) is 0 Å². The first-order valence-corrected chi connectivity index (χ1v) is 4.32. The Hall–Kier alpha value is -1.96. The maximum Gasteiger partial charge on any atom is 0.157 e. The topological polar surface area (TPSA) is 39.2 Å². The molecule has 14 heavy (non-hydrogen) atoms. The van der Waals surface area contributed by atoms with Crippen LogP contribution in [0.2, 0.25) is 0 Å². The molecule has 1 aromatic heterocycles. The fraction of sp³-hybridized carbons (Fsp3) is 0. The van der Waals surface area contributed by atoms with Gasteiger partial charge >= 0.3 is 0 Å². The van der Waals surface area contributed by atoms with Gasteiger partial charge in [0.2, 0.25) is 0 Å². The van der Waals surface area contributed by atoms with Gasteiger partial charge in [0.15, 0.2) is 5.76 Å². The van der Waals surface area contributed by atoms with Gasteiger partial charge in [-0.3, -0.25) is 0 Å². The molecule has 1 aromatic carbocycles. The van der Waals surface area contributed by atoms with E-state index in [0.29, 0.717) is 11.5 Å². The minimum Gasteiger partial charge on any atom is -0.454 e. The average molecular weight is 185 g/mol. The van der Waals surface area contributed by atoms with Gasteiger partial charge in [-0.2, -0.15) is 0 Å². The SMILES string of the molecule is C=Cc1c(C(=C)N)oc2ccccc12. The minimum atomic E-state index is 0.427. The van der Waals surface area contributed by atoms with Crippen molar-refractivity contribution in [1.82, 2.24) is 0 Å². The smallest absolute Gasteiger partial charge is 0.157 e. The van der Waals surface area contributed by atoms with Crippen molar-refractivity contribution >= 4 is 22.7 Å². The number of nitrogens with two attached hydrogens (primary N) is 1. The van der Waals surface area contributed by atoms with E-state index >= 15 is 0 Å². The maximum absolute atomic E-state index is 5.62. The van der Waals surface area contributed by atoms with Crippen molar-refractivity contribution in [3.8, 4) is 0 Å². The van der Waals surface area contributed by atoms with Gasteiger partial charge in [0.25, 0.3) is 0 Å². The summed E-state index contributed by atoms with van der Waals surface area (Å²) in [6, 6.07) is 7.74. The zero-order valence-corrected chi connectivity index (χ0v) is 7.79. The van der Waals surface area contributed by atoms with Crippen molar-refractivity contribution < 1.29 is 4.42 Å². The van der Waals surface area contributed by atoms with E-state index in [2.05, 4.69) is 13.2 Å². The summed E-state index contributed by atoms with van der Waals surface area (Å²) in [6.45, 7) is 7.41. The molecule has 2 N–H and O–H groups in total. The van der Waals surface area contributed by atoms with E-state index in [1.54, 1.807) is 6.08 Å². The van der Waals surface area contributed by atoms with E-state index in [0.717, 1.165) is 16.5 Å². The van der Waals surface area contributed by atoms with Crippen LogP contribution in [-0.4, -0.2) is 0 Å². The Kier molecular flexibility index (Phi) is 1.89. The highest BCUT2D eigenvalue weighted by molar-refractivity contribution is 5.91. The monoisotopic (exact) mass is 185 g/mol. The zero-order chi connectivity index (χ0) is 10.1. The molecule has 2 aromatic rings. The molecule has 0 aliphatic carbocycles. The molecular weight excluding hydrogens is 174 g/mol. The summed E-state index contributed by atoms with van der Waals surface area (Å²) in [4.78, 5) is 0. The summed E-state index contributed by atoms with van der Waals surface area (Å²) in [6.07, 6.45) is 1.74. The Morgan fingerprint density at radius 1 is 1.36 bits per heavy atom. The third-order valence-electron chi connectivity index (χ3n) is 2.13. The van der Waals surface area contributed by atoms with Crippen molar-refractivity contribution in [2.45, 2.75) is 0 Å². The molecule has 0 spiro atoms. The molecule has 0 aliphatic heterocycles. The number of fused-ring (bicyclic) bond motifs is 1. The first-order chi connectivity index (χ1) is 6.74. The molecule has 0 saturated heterocycles. The molecule has 70 valence electrons. The molecule has 2 rings (SSSR count). The number of hydrogen-bond acceptors (Lipinski definition) is 2. The molecule has 0 atom stereocenters. The lowest BCUT2D eigenvalue weighted by Gasteiger charge is -1.94. The molecule has 0 fully saturated rings. The highest BCUT2D eigenvalue weighted by Gasteiger charge is 2.11. The minimum absolute atomic E-state index is 0.427. The van der Waals surface area contributed by atoms with Gasteiger partial charge in [-0.05, 0) is 6.07 Å². The third kappa shape index (κ3) is 1.12. The van der Waals surface area contributed by atoms with Crippen molar-refractivity contribution in [2.75, 3.05) is 0 Å². The van der Waals surface area contributed by atoms with Crippen molar-refractivity contribution in [2.24, 2.45) is 5.73 Å². The van der Waals surface area contributed by atoms with E-state index in [1.165, 1.54) is 0 Å². The number of para-hydroxylation sites is 1. The molecule has 0 bridgehead atoms. The maximum atomic E-state index is 5.62. The van der Waals surface area contributed by atoms with E-state index in [1.807, 2.05) is 24.3 Å². The van der Waals surface area contributed by atoms with Gasteiger partial charge < -0.3 is 10.2 Å². The molecule has 0 radical (unpaired) electrons. The number of benzene rings is 1. The van der Waals surface area contributed by atoms with Gasteiger partial charge in [-0.15, -0.1) is 0 Å². The second kappa shape index (κ2) is 3.07. The van der Waals surface area contributed by atoms with Crippen LogP contribution in [0, 0.1) is 0 Å². The van der Waals surface area contributed by atoms with Gasteiger partial charge in [0.1, 0.15) is 5.58 Å². The fourth-order valence-corrected chi connectivity index (χ4v) is 1.51. The van der Waals surface area contributed by atoms with Crippen LogP contribution in [-0.2, 0) is 0 Å². The second-order valence-corrected chi connectivity index (χ2v) is 3.07.